The van der Waals surface area contributed by atoms with Gasteiger partial charge in [0.05, 0.1) is 0 Å². The third-order valence-corrected chi connectivity index (χ3v) is 5.58. The van der Waals surface area contributed by atoms with Crippen LogP contribution in [0.3, 0.4) is 0 Å². The molecule has 2 N–H and O–H groups in total. The second kappa shape index (κ2) is 7.19. The van der Waals surface area contributed by atoms with E-state index in [1.807, 2.05) is 32.3 Å². The first-order valence-electron chi connectivity index (χ1n) is 7.57. The van der Waals surface area contributed by atoms with Gasteiger partial charge in [-0.15, -0.1) is 11.3 Å². The van der Waals surface area contributed by atoms with E-state index in [9.17, 15) is 4.21 Å². The lowest BCUT2D eigenvalue weighted by Crippen LogP contribution is -2.07. The molecule has 6 heteroatoms. The highest BCUT2D eigenvalue weighted by atomic mass is 32.2. The smallest absolute Gasteiger partial charge is 0.133 e. The average molecular weight is 367 g/mol. The van der Waals surface area contributed by atoms with E-state index in [0.29, 0.717) is 0 Å². The Morgan fingerprint density at radius 2 is 1.88 bits per heavy atom. The molecule has 0 spiro atoms. The molecule has 0 saturated heterocycles. The van der Waals surface area contributed by atoms with Crippen LogP contribution in [0, 0.1) is 11.3 Å². The van der Waals surface area contributed by atoms with E-state index < -0.39 is 11.0 Å². The molecule has 3 rings (SSSR count). The molecule has 0 amide bonds. The average Bonchev–Trinajstić information content (AvgIpc) is 3.07. The van der Waals surface area contributed by atoms with E-state index in [2.05, 4.69) is 41.3 Å². The zero-order chi connectivity index (χ0) is 18.0. The summed E-state index contributed by atoms with van der Waals surface area (Å²) in [6.07, 6.45) is 1.58. The number of hydrogen-bond donors (Lipinski definition) is 1. The van der Waals surface area contributed by atoms with Crippen molar-refractivity contribution < 1.29 is 4.21 Å². The number of thiophene rings is 1. The van der Waals surface area contributed by atoms with Crippen LogP contribution in [-0.2, 0) is 11.0 Å². The summed E-state index contributed by atoms with van der Waals surface area (Å²) in [6, 6.07) is 18.5. The Morgan fingerprint density at radius 3 is 2.56 bits per heavy atom. The van der Waals surface area contributed by atoms with Crippen LogP contribution < -0.4 is 10.0 Å². The van der Waals surface area contributed by atoms with E-state index in [4.69, 9.17) is 10.4 Å². The van der Waals surface area contributed by atoms with Crippen LogP contribution >= 0.6 is 11.3 Å². The van der Waals surface area contributed by atoms with Crippen molar-refractivity contribution in [2.75, 3.05) is 19.0 Å². The van der Waals surface area contributed by atoms with Gasteiger partial charge in [-0.1, -0.05) is 18.2 Å². The van der Waals surface area contributed by atoms with Crippen LogP contribution in [0.15, 0.2) is 53.4 Å². The van der Waals surface area contributed by atoms with E-state index >= 15 is 0 Å². The number of nitrogens with two attached hydrogens (primary N) is 1. The van der Waals surface area contributed by atoms with Crippen molar-refractivity contribution in [2.24, 2.45) is 5.14 Å². The highest BCUT2D eigenvalue weighted by molar-refractivity contribution is 7.87. The fourth-order valence-corrected chi connectivity index (χ4v) is 3.87. The van der Waals surface area contributed by atoms with Crippen molar-refractivity contribution in [3.8, 4) is 16.5 Å². The molecular formula is C19H17N3OS2. The predicted molar refractivity (Wildman–Crippen MR) is 108 cm³/mol. The molecule has 1 heterocycles. The molecule has 0 aliphatic heterocycles. The molecule has 1 unspecified atom stereocenters. The largest absolute Gasteiger partial charge is 0.378 e. The Kier molecular flexibility index (Phi) is 5.00. The lowest BCUT2D eigenvalue weighted by atomic mass is 10.1. The summed E-state index contributed by atoms with van der Waals surface area (Å²) in [6.45, 7) is 0. The van der Waals surface area contributed by atoms with Gasteiger partial charge >= 0.3 is 0 Å². The van der Waals surface area contributed by atoms with Gasteiger partial charge < -0.3 is 4.90 Å². The molecule has 2 aromatic carbocycles. The number of benzene rings is 2. The Balaban J connectivity index is 1.96. The number of nitrogens with zero attached hydrogens (tertiary/aromatic N) is 2. The minimum atomic E-state index is -1.76. The normalized spacial score (nSPS) is 12.8. The lowest BCUT2D eigenvalue weighted by molar-refractivity contribution is 0.689. The Bertz CT molecular complexity index is 1030. The van der Waals surface area contributed by atoms with Gasteiger partial charge in [0.1, 0.15) is 22.0 Å². The maximum atomic E-state index is 11.3. The quantitative estimate of drug-likeness (QED) is 0.705. The SMILES string of the molecule is CN(C)c1ccc2cc(-c3ccc(/C=C(\C#N)S(N)=O)s3)ccc2c1. The third-order valence-electron chi connectivity index (χ3n) is 3.85. The Hall–Kier alpha value is -2.46. The van der Waals surface area contributed by atoms with Crippen molar-refractivity contribution in [1.29, 1.82) is 5.26 Å². The van der Waals surface area contributed by atoms with Crippen LogP contribution in [0.25, 0.3) is 27.3 Å². The number of anilines is 1. The van der Waals surface area contributed by atoms with E-state index in [0.717, 1.165) is 15.3 Å². The fraction of sp³-hybridized carbons (Fsp3) is 0.105. The maximum Gasteiger partial charge on any atom is 0.133 e. The Morgan fingerprint density at radius 1 is 1.16 bits per heavy atom. The summed E-state index contributed by atoms with van der Waals surface area (Å²) >= 11 is 1.54. The molecule has 0 aliphatic carbocycles. The van der Waals surface area contributed by atoms with Gasteiger partial charge in [0.15, 0.2) is 0 Å². The molecule has 0 radical (unpaired) electrons. The summed E-state index contributed by atoms with van der Waals surface area (Å²) < 4.78 is 11.3. The molecule has 4 nitrogen and oxygen atoms in total. The van der Waals surface area contributed by atoms with E-state index in [1.54, 1.807) is 6.08 Å². The Labute approximate surface area is 153 Å². The summed E-state index contributed by atoms with van der Waals surface area (Å²) in [5.41, 5.74) is 2.28. The molecule has 0 bridgehead atoms. The minimum Gasteiger partial charge on any atom is -0.378 e. The van der Waals surface area contributed by atoms with Crippen LogP contribution in [0.1, 0.15) is 4.88 Å². The zero-order valence-electron chi connectivity index (χ0n) is 13.9. The van der Waals surface area contributed by atoms with Crippen molar-refractivity contribution in [3.05, 3.63) is 58.3 Å². The van der Waals surface area contributed by atoms with Gasteiger partial charge in [0.2, 0.25) is 0 Å². The number of nitriles is 1. The molecule has 0 fully saturated rings. The first kappa shape index (κ1) is 17.4. The topological polar surface area (TPSA) is 70.1 Å². The molecule has 25 heavy (non-hydrogen) atoms. The van der Waals surface area contributed by atoms with Gasteiger partial charge in [-0.3, -0.25) is 0 Å². The number of fused-ring (bicyclic) bond motifs is 1. The van der Waals surface area contributed by atoms with Crippen LogP contribution in [0.2, 0.25) is 0 Å². The third kappa shape index (κ3) is 3.80. The van der Waals surface area contributed by atoms with Crippen molar-refractivity contribution in [1.82, 2.24) is 0 Å². The second-order valence-corrected chi connectivity index (χ2v) is 7.91. The molecule has 3 aromatic rings. The van der Waals surface area contributed by atoms with Gasteiger partial charge in [0, 0.05) is 29.5 Å². The summed E-state index contributed by atoms with van der Waals surface area (Å²) in [5, 5.41) is 16.6. The van der Waals surface area contributed by atoms with Gasteiger partial charge in [-0.25, -0.2) is 9.35 Å². The molecule has 0 aliphatic rings. The van der Waals surface area contributed by atoms with Gasteiger partial charge in [-0.05, 0) is 52.7 Å². The van der Waals surface area contributed by atoms with Crippen LogP contribution in [-0.4, -0.2) is 18.3 Å². The van der Waals surface area contributed by atoms with Crippen LogP contribution in [0.4, 0.5) is 5.69 Å². The van der Waals surface area contributed by atoms with E-state index in [1.165, 1.54) is 27.8 Å². The van der Waals surface area contributed by atoms with Crippen LogP contribution in [0.5, 0.6) is 0 Å². The first-order chi connectivity index (χ1) is 12.0. The second-order valence-electron chi connectivity index (χ2n) is 5.76. The molecule has 126 valence electrons. The highest BCUT2D eigenvalue weighted by Crippen LogP contribution is 2.32. The van der Waals surface area contributed by atoms with Crippen molar-refractivity contribution in [2.45, 2.75) is 0 Å². The monoisotopic (exact) mass is 367 g/mol. The molecule has 1 atom stereocenters. The van der Waals surface area contributed by atoms with Gasteiger partial charge in [0.25, 0.3) is 0 Å². The first-order valence-corrected chi connectivity index (χ1v) is 9.60. The summed E-state index contributed by atoms with van der Waals surface area (Å²) in [4.78, 5) is 4.10. The molecule has 1 aromatic heterocycles. The maximum absolute atomic E-state index is 11.3. The zero-order valence-corrected chi connectivity index (χ0v) is 15.5. The van der Waals surface area contributed by atoms with Crippen molar-refractivity contribution in [3.63, 3.8) is 0 Å². The minimum absolute atomic E-state index is 0.0723. The van der Waals surface area contributed by atoms with Crippen molar-refractivity contribution >= 4 is 44.9 Å². The lowest BCUT2D eigenvalue weighted by Gasteiger charge is -2.13. The summed E-state index contributed by atoms with van der Waals surface area (Å²) in [5.74, 6) is 0. The standard InChI is InChI=1S/C19H17N3OS2/c1-22(2)16-6-5-13-9-15(4-3-14(13)10-16)19-8-7-17(24-19)11-18(12-20)25(21)23/h3-11H,21H2,1-2H3/b18-11+. The summed E-state index contributed by atoms with van der Waals surface area (Å²) in [7, 11) is 2.29. The van der Waals surface area contributed by atoms with E-state index in [-0.39, 0.29) is 4.91 Å². The number of hydrogen-bond acceptors (Lipinski definition) is 4. The molecule has 0 saturated carbocycles. The van der Waals surface area contributed by atoms with Gasteiger partial charge in [-0.2, -0.15) is 5.26 Å². The highest BCUT2D eigenvalue weighted by Gasteiger charge is 2.07. The molecular weight excluding hydrogens is 350 g/mol. The fourth-order valence-electron chi connectivity index (χ4n) is 2.51. The number of allylic oxidation sites excluding steroid dienone is 1. The predicted octanol–water partition coefficient (Wildman–Crippen LogP) is 4.12. The number of rotatable bonds is 4.